The van der Waals surface area contributed by atoms with Crippen LogP contribution in [0.4, 0.5) is 21.6 Å². The first-order valence-electron chi connectivity index (χ1n) is 7.69. The van der Waals surface area contributed by atoms with Crippen LogP contribution in [0.3, 0.4) is 0 Å². The quantitative estimate of drug-likeness (QED) is 0.255. The Bertz CT molecular complexity index is 1120. The lowest BCUT2D eigenvalue weighted by Gasteiger charge is -2.04. The van der Waals surface area contributed by atoms with E-state index in [0.717, 1.165) is 22.7 Å². The van der Waals surface area contributed by atoms with E-state index >= 15 is 0 Å². The Kier molecular flexibility index (Phi) is 6.41. The Labute approximate surface area is 165 Å². The average molecular weight is 418 g/mol. The summed E-state index contributed by atoms with van der Waals surface area (Å²) in [4.78, 5) is 20.0. The first-order valence-corrected chi connectivity index (χ1v) is 9.33. The molecule has 28 heavy (non-hydrogen) atoms. The normalized spacial score (nSPS) is 10.1. The summed E-state index contributed by atoms with van der Waals surface area (Å²) < 4.78 is 1.06. The fourth-order valence-corrected chi connectivity index (χ4v) is 3.96. The van der Waals surface area contributed by atoms with Crippen molar-refractivity contribution in [3.05, 3.63) is 53.4 Å². The highest BCUT2D eigenvalue weighted by Crippen LogP contribution is 2.35. The molecule has 0 aliphatic rings. The number of para-hydroxylation sites is 2. The van der Waals surface area contributed by atoms with Gasteiger partial charge in [0, 0.05) is 0 Å². The molecule has 3 rings (SSSR count). The van der Waals surface area contributed by atoms with E-state index in [-0.39, 0.29) is 21.6 Å². The van der Waals surface area contributed by atoms with E-state index in [9.17, 15) is 20.5 Å². The van der Waals surface area contributed by atoms with Gasteiger partial charge in [-0.15, -0.1) is 27.6 Å². The smallest absolute Gasteiger partial charge is 0.197 e. The number of hydrogen-bond donors (Lipinski definition) is 6. The van der Waals surface area contributed by atoms with Crippen LogP contribution in [0.5, 0.6) is 0 Å². The third-order valence-electron chi connectivity index (χ3n) is 3.43. The molecule has 1 aromatic heterocycles. The predicted octanol–water partition coefficient (Wildman–Crippen LogP) is 4.96. The van der Waals surface area contributed by atoms with Crippen LogP contribution in [0.15, 0.2) is 53.7 Å². The molecule has 0 amide bonds. The largest absolute Gasteiger partial charge is 0.290 e. The van der Waals surface area contributed by atoms with Crippen LogP contribution in [-0.4, -0.2) is 25.6 Å². The number of anilines is 3. The molecule has 3 aromatic rings. The summed E-state index contributed by atoms with van der Waals surface area (Å²) in [6.07, 6.45) is 0. The lowest BCUT2D eigenvalue weighted by molar-refractivity contribution is 0.374. The first kappa shape index (κ1) is 19.6. The van der Waals surface area contributed by atoms with E-state index in [0.29, 0.717) is 20.4 Å². The van der Waals surface area contributed by atoms with Gasteiger partial charge in [0.25, 0.3) is 0 Å². The second-order valence-electron chi connectivity index (χ2n) is 5.12. The Hall–Kier alpha value is -3.16. The molecule has 0 bridgehead atoms. The molecule has 1 heterocycles. The maximum Gasteiger partial charge on any atom is 0.197 e. The fourth-order valence-electron chi connectivity index (χ4n) is 2.21. The molecule has 0 unspecified atom stereocenters. The van der Waals surface area contributed by atoms with Crippen LogP contribution >= 0.6 is 22.7 Å². The average Bonchev–Trinajstić information content (AvgIpc) is 2.73. The molecule has 12 heteroatoms. The van der Waals surface area contributed by atoms with E-state index in [4.69, 9.17) is 0 Å². The minimum absolute atomic E-state index is 0.0199. The van der Waals surface area contributed by atoms with Gasteiger partial charge in [-0.3, -0.25) is 21.1 Å². The van der Waals surface area contributed by atoms with Gasteiger partial charge in [-0.05, 0) is 29.4 Å². The molecule has 0 radical (unpaired) electrons. The first-order chi connectivity index (χ1) is 13.7. The molecule has 0 saturated carbocycles. The number of hydrogen-bond acceptors (Lipinski definition) is 12. The standard InChI is InChI=1S/C16H14N6O4S2/c23-19-13-14(20-24)18-10-6-2-4-8-12(10)28-16(22-26)15(21-25)27-11-7-3-1-5-9(11)17-13/h1-8,21,23-25H,(H,17,19)(H,18,20). The van der Waals surface area contributed by atoms with Crippen LogP contribution in [0.2, 0.25) is 0 Å². The minimum atomic E-state index is -0.152. The van der Waals surface area contributed by atoms with Gasteiger partial charge in [0.1, 0.15) is 0 Å². The lowest BCUT2D eigenvalue weighted by Crippen LogP contribution is -2.00. The van der Waals surface area contributed by atoms with Gasteiger partial charge in [0.15, 0.2) is 21.6 Å². The van der Waals surface area contributed by atoms with Gasteiger partial charge < -0.3 is 0 Å². The van der Waals surface area contributed by atoms with Crippen molar-refractivity contribution < 1.29 is 15.6 Å². The number of rotatable bonds is 4. The fraction of sp³-hybridized carbons (Fsp3) is 0. The zero-order valence-electron chi connectivity index (χ0n) is 14.0. The summed E-state index contributed by atoms with van der Waals surface area (Å²) in [6.45, 7) is 0. The van der Waals surface area contributed by atoms with Crippen LogP contribution in [0, 0.1) is 4.91 Å². The third-order valence-corrected chi connectivity index (χ3v) is 5.65. The van der Waals surface area contributed by atoms with Gasteiger partial charge in [0.05, 0.1) is 20.4 Å². The van der Waals surface area contributed by atoms with E-state index in [1.54, 1.807) is 48.5 Å². The monoisotopic (exact) mass is 418 g/mol. The van der Waals surface area contributed by atoms with E-state index in [1.165, 1.54) is 0 Å². The van der Waals surface area contributed by atoms with Crippen molar-refractivity contribution in [2.75, 3.05) is 16.4 Å². The van der Waals surface area contributed by atoms with E-state index < -0.39 is 0 Å². The molecular weight excluding hydrogens is 404 g/mol. The molecule has 0 atom stereocenters. The molecule has 0 fully saturated rings. The molecule has 144 valence electrons. The summed E-state index contributed by atoms with van der Waals surface area (Å²) >= 11 is 2.00. The molecule has 2 aromatic carbocycles. The van der Waals surface area contributed by atoms with E-state index in [2.05, 4.69) is 15.1 Å². The second-order valence-corrected chi connectivity index (χ2v) is 7.20. The Morgan fingerprint density at radius 1 is 0.750 bits per heavy atom. The van der Waals surface area contributed by atoms with Crippen LogP contribution < -0.4 is 16.4 Å². The molecule has 0 saturated heterocycles. The summed E-state index contributed by atoms with van der Waals surface area (Å²) in [5, 5.41) is 31.7. The SMILES string of the molecule is O=Nc1sc2ccccc2nc(NO)c(NO)nc2ccccc2sc1NO. The van der Waals surface area contributed by atoms with Crippen LogP contribution in [-0.2, 0) is 0 Å². The molecular formula is C16H14N6O4S2. The lowest BCUT2D eigenvalue weighted by atomic mass is 10.3. The van der Waals surface area contributed by atoms with E-state index in [1.807, 2.05) is 16.4 Å². The molecule has 0 aliphatic carbocycles. The number of nitrogens with one attached hydrogen (secondary N) is 3. The predicted molar refractivity (Wildman–Crippen MR) is 110 cm³/mol. The summed E-state index contributed by atoms with van der Waals surface area (Å²) in [5.41, 5.74) is 6.56. The molecule has 10 nitrogen and oxygen atoms in total. The number of fused-ring (bicyclic) bond motifs is 2. The second kappa shape index (κ2) is 9.16. The van der Waals surface area contributed by atoms with Crippen molar-refractivity contribution in [2.24, 2.45) is 5.18 Å². The Morgan fingerprint density at radius 3 is 1.71 bits per heavy atom. The number of nitrogens with zero attached hydrogens (tertiary/aromatic N) is 3. The van der Waals surface area contributed by atoms with Crippen molar-refractivity contribution in [3.8, 4) is 0 Å². The zero-order chi connectivity index (χ0) is 19.9. The molecule has 0 aliphatic heterocycles. The number of aromatic nitrogens is 2. The van der Waals surface area contributed by atoms with Crippen LogP contribution in [0.1, 0.15) is 0 Å². The van der Waals surface area contributed by atoms with Gasteiger partial charge in [-0.2, -0.15) is 0 Å². The number of nitroso groups, excluding NO2 is 1. The van der Waals surface area contributed by atoms with Gasteiger partial charge in [-0.25, -0.2) is 20.9 Å². The third kappa shape index (κ3) is 4.21. The molecule has 6 N–H and O–H groups in total. The van der Waals surface area contributed by atoms with Gasteiger partial charge >= 0.3 is 0 Å². The Balaban J connectivity index is 2.63. The van der Waals surface area contributed by atoms with Crippen molar-refractivity contribution in [2.45, 2.75) is 0 Å². The van der Waals surface area contributed by atoms with Gasteiger partial charge in [-0.1, -0.05) is 24.3 Å². The highest BCUT2D eigenvalue weighted by Gasteiger charge is 2.07. The number of benzene rings is 2. The minimum Gasteiger partial charge on any atom is -0.290 e. The van der Waals surface area contributed by atoms with Crippen molar-refractivity contribution in [1.29, 1.82) is 0 Å². The maximum atomic E-state index is 11.4. The summed E-state index contributed by atoms with van der Waals surface area (Å²) in [5.74, 6) is -0.298. The van der Waals surface area contributed by atoms with Crippen molar-refractivity contribution >= 4 is 64.7 Å². The highest BCUT2D eigenvalue weighted by molar-refractivity contribution is 7.27. The molecule has 0 spiro atoms. The van der Waals surface area contributed by atoms with Crippen molar-refractivity contribution in [1.82, 2.24) is 9.97 Å². The Morgan fingerprint density at radius 2 is 1.25 bits per heavy atom. The van der Waals surface area contributed by atoms with Gasteiger partial charge in [0.2, 0.25) is 0 Å². The maximum absolute atomic E-state index is 11.4. The zero-order valence-corrected chi connectivity index (χ0v) is 15.7. The highest BCUT2D eigenvalue weighted by atomic mass is 32.1. The van der Waals surface area contributed by atoms with Crippen LogP contribution in [0.25, 0.3) is 20.4 Å². The van der Waals surface area contributed by atoms with Crippen molar-refractivity contribution in [3.63, 3.8) is 0 Å². The summed E-state index contributed by atoms with van der Waals surface area (Å²) in [6, 6.07) is 13.6. The summed E-state index contributed by atoms with van der Waals surface area (Å²) in [7, 11) is 0. The topological polar surface area (TPSA) is 152 Å².